The van der Waals surface area contributed by atoms with Gasteiger partial charge in [-0.25, -0.2) is 4.79 Å². The molecule has 0 amide bonds. The predicted molar refractivity (Wildman–Crippen MR) is 66.2 cm³/mol. The minimum Gasteiger partial charge on any atom is -0.295 e. The number of nitrogens with zero attached hydrogens (tertiary/aromatic N) is 3. The molecule has 0 spiro atoms. The SMILES string of the molecule is Cn1c(=O)c(C#N)cn(Cc2ccccc2)c1=O. The molecular formula is C13H11N3O2. The molecule has 2 rings (SSSR count). The molecule has 1 aromatic heterocycles. The summed E-state index contributed by atoms with van der Waals surface area (Å²) in [6.45, 7) is 0.336. The van der Waals surface area contributed by atoms with E-state index in [1.807, 2.05) is 30.3 Å². The third kappa shape index (κ3) is 2.09. The zero-order valence-electron chi connectivity index (χ0n) is 9.83. The number of nitriles is 1. The normalized spacial score (nSPS) is 10.0. The number of aromatic nitrogens is 2. The Morgan fingerprint density at radius 3 is 2.50 bits per heavy atom. The summed E-state index contributed by atoms with van der Waals surface area (Å²) in [5, 5.41) is 8.85. The Hall–Kier alpha value is -2.61. The van der Waals surface area contributed by atoms with Crippen LogP contribution in [-0.2, 0) is 13.6 Å². The number of benzene rings is 1. The van der Waals surface area contributed by atoms with E-state index in [1.54, 1.807) is 6.07 Å². The molecule has 0 aliphatic carbocycles. The highest BCUT2D eigenvalue weighted by Gasteiger charge is 2.08. The Labute approximate surface area is 103 Å². The van der Waals surface area contributed by atoms with E-state index in [0.717, 1.165) is 10.1 Å². The van der Waals surface area contributed by atoms with Gasteiger partial charge < -0.3 is 0 Å². The lowest BCUT2D eigenvalue weighted by molar-refractivity contribution is 0.642. The van der Waals surface area contributed by atoms with Crippen LogP contribution in [0.4, 0.5) is 0 Å². The molecular weight excluding hydrogens is 230 g/mol. The summed E-state index contributed by atoms with van der Waals surface area (Å²) in [5.74, 6) is 0. The number of rotatable bonds is 2. The van der Waals surface area contributed by atoms with E-state index in [2.05, 4.69) is 0 Å². The average molecular weight is 241 g/mol. The van der Waals surface area contributed by atoms with Crippen LogP contribution in [0.25, 0.3) is 0 Å². The van der Waals surface area contributed by atoms with Gasteiger partial charge in [-0.3, -0.25) is 13.9 Å². The molecule has 0 aliphatic rings. The van der Waals surface area contributed by atoms with Gasteiger partial charge in [0.1, 0.15) is 11.6 Å². The summed E-state index contributed by atoms with van der Waals surface area (Å²) in [6.07, 6.45) is 1.30. The molecule has 90 valence electrons. The Kier molecular flexibility index (Phi) is 3.11. The molecule has 0 fully saturated rings. The standard InChI is InChI=1S/C13H11N3O2/c1-15-12(17)11(7-14)9-16(13(15)18)8-10-5-3-2-4-6-10/h2-6,9H,8H2,1H3. The maximum atomic E-state index is 11.9. The first-order chi connectivity index (χ1) is 8.63. The summed E-state index contributed by atoms with van der Waals surface area (Å²) in [6, 6.07) is 11.2. The largest absolute Gasteiger partial charge is 0.331 e. The Bertz CT molecular complexity index is 721. The van der Waals surface area contributed by atoms with Crippen molar-refractivity contribution in [2.24, 2.45) is 7.05 Å². The summed E-state index contributed by atoms with van der Waals surface area (Å²) >= 11 is 0. The van der Waals surface area contributed by atoms with Crippen molar-refractivity contribution in [1.29, 1.82) is 5.26 Å². The van der Waals surface area contributed by atoms with Crippen LogP contribution in [0, 0.1) is 11.3 Å². The van der Waals surface area contributed by atoms with Crippen molar-refractivity contribution in [3.63, 3.8) is 0 Å². The molecule has 0 aliphatic heterocycles. The zero-order chi connectivity index (χ0) is 13.1. The van der Waals surface area contributed by atoms with Crippen LogP contribution in [0.2, 0.25) is 0 Å². The quantitative estimate of drug-likeness (QED) is 0.767. The average Bonchev–Trinajstić information content (AvgIpc) is 2.40. The Morgan fingerprint density at radius 1 is 1.22 bits per heavy atom. The third-order valence-electron chi connectivity index (χ3n) is 2.67. The summed E-state index contributed by atoms with van der Waals surface area (Å²) in [4.78, 5) is 23.4. The Balaban J connectivity index is 2.54. The second-order valence-corrected chi connectivity index (χ2v) is 3.91. The molecule has 0 unspecified atom stereocenters. The molecule has 1 heterocycles. The van der Waals surface area contributed by atoms with E-state index in [9.17, 15) is 9.59 Å². The van der Waals surface area contributed by atoms with Crippen LogP contribution in [0.3, 0.4) is 0 Å². The van der Waals surface area contributed by atoms with E-state index >= 15 is 0 Å². The van der Waals surface area contributed by atoms with Gasteiger partial charge in [0.2, 0.25) is 0 Å². The van der Waals surface area contributed by atoms with Gasteiger partial charge in [0.15, 0.2) is 0 Å². The van der Waals surface area contributed by atoms with Crippen molar-refractivity contribution in [2.45, 2.75) is 6.54 Å². The first-order valence-corrected chi connectivity index (χ1v) is 5.38. The van der Waals surface area contributed by atoms with E-state index in [1.165, 1.54) is 17.8 Å². The van der Waals surface area contributed by atoms with E-state index < -0.39 is 11.2 Å². The van der Waals surface area contributed by atoms with Crippen LogP contribution in [0.5, 0.6) is 0 Å². The van der Waals surface area contributed by atoms with Crippen molar-refractivity contribution in [2.75, 3.05) is 0 Å². The van der Waals surface area contributed by atoms with Gasteiger partial charge in [0.25, 0.3) is 5.56 Å². The fraction of sp³-hybridized carbons (Fsp3) is 0.154. The van der Waals surface area contributed by atoms with Crippen LogP contribution < -0.4 is 11.2 Å². The summed E-state index contributed by atoms with van der Waals surface area (Å²) in [7, 11) is 1.37. The molecule has 0 N–H and O–H groups in total. The molecule has 18 heavy (non-hydrogen) atoms. The molecule has 0 saturated carbocycles. The minimum atomic E-state index is -0.563. The van der Waals surface area contributed by atoms with Crippen molar-refractivity contribution in [3.8, 4) is 6.07 Å². The lowest BCUT2D eigenvalue weighted by atomic mass is 10.2. The van der Waals surface area contributed by atoms with Gasteiger partial charge in [-0.05, 0) is 5.56 Å². The summed E-state index contributed by atoms with van der Waals surface area (Å²) < 4.78 is 2.30. The van der Waals surface area contributed by atoms with Crippen LogP contribution in [-0.4, -0.2) is 9.13 Å². The monoisotopic (exact) mass is 241 g/mol. The lowest BCUT2D eigenvalue weighted by Crippen LogP contribution is -2.39. The molecule has 5 nitrogen and oxygen atoms in total. The van der Waals surface area contributed by atoms with Crippen molar-refractivity contribution < 1.29 is 0 Å². The zero-order valence-corrected chi connectivity index (χ0v) is 9.83. The molecule has 0 bridgehead atoms. The van der Waals surface area contributed by atoms with Gasteiger partial charge >= 0.3 is 5.69 Å². The fourth-order valence-electron chi connectivity index (χ4n) is 1.70. The summed E-state index contributed by atoms with van der Waals surface area (Å²) in [5.41, 5.74) is -0.0927. The van der Waals surface area contributed by atoms with Gasteiger partial charge in [-0.2, -0.15) is 5.26 Å². The van der Waals surface area contributed by atoms with E-state index in [0.29, 0.717) is 6.54 Å². The van der Waals surface area contributed by atoms with Crippen LogP contribution in [0.1, 0.15) is 11.1 Å². The molecule has 5 heteroatoms. The molecule has 2 aromatic rings. The first-order valence-electron chi connectivity index (χ1n) is 5.38. The van der Waals surface area contributed by atoms with Crippen LogP contribution in [0.15, 0.2) is 46.1 Å². The maximum absolute atomic E-state index is 11.9. The number of hydrogen-bond acceptors (Lipinski definition) is 3. The van der Waals surface area contributed by atoms with E-state index in [-0.39, 0.29) is 5.56 Å². The smallest absolute Gasteiger partial charge is 0.295 e. The van der Waals surface area contributed by atoms with E-state index in [4.69, 9.17) is 5.26 Å². The van der Waals surface area contributed by atoms with Gasteiger partial charge in [0, 0.05) is 13.2 Å². The Morgan fingerprint density at radius 2 is 1.89 bits per heavy atom. The second-order valence-electron chi connectivity index (χ2n) is 3.91. The molecule has 0 radical (unpaired) electrons. The maximum Gasteiger partial charge on any atom is 0.331 e. The van der Waals surface area contributed by atoms with Gasteiger partial charge in [-0.1, -0.05) is 30.3 Å². The highest BCUT2D eigenvalue weighted by molar-refractivity contribution is 5.23. The molecule has 0 atom stereocenters. The van der Waals surface area contributed by atoms with Crippen molar-refractivity contribution in [1.82, 2.24) is 9.13 Å². The first kappa shape index (κ1) is 11.9. The topological polar surface area (TPSA) is 67.8 Å². The predicted octanol–water partition coefficient (Wildman–Crippen LogP) is 0.467. The number of hydrogen-bond donors (Lipinski definition) is 0. The highest BCUT2D eigenvalue weighted by Crippen LogP contribution is 2.00. The molecule has 1 aromatic carbocycles. The lowest BCUT2D eigenvalue weighted by Gasteiger charge is -2.07. The van der Waals surface area contributed by atoms with Crippen molar-refractivity contribution in [3.05, 3.63) is 68.5 Å². The minimum absolute atomic E-state index is 0.0342. The van der Waals surface area contributed by atoms with Gasteiger partial charge in [-0.15, -0.1) is 0 Å². The second kappa shape index (κ2) is 4.72. The third-order valence-corrected chi connectivity index (χ3v) is 2.67. The highest BCUT2D eigenvalue weighted by atomic mass is 16.2. The van der Waals surface area contributed by atoms with Gasteiger partial charge in [0.05, 0.1) is 6.54 Å². The molecule has 0 saturated heterocycles. The van der Waals surface area contributed by atoms with Crippen LogP contribution >= 0.6 is 0 Å². The fourth-order valence-corrected chi connectivity index (χ4v) is 1.70. The van der Waals surface area contributed by atoms with Crippen molar-refractivity contribution >= 4 is 0 Å².